The highest BCUT2D eigenvalue weighted by molar-refractivity contribution is 7.12. The summed E-state index contributed by atoms with van der Waals surface area (Å²) in [6.45, 7) is 1.92. The molecule has 1 aromatic heterocycles. The summed E-state index contributed by atoms with van der Waals surface area (Å²) < 4.78 is 13.0. The van der Waals surface area contributed by atoms with Crippen LogP contribution in [0.3, 0.4) is 0 Å². The zero-order valence-corrected chi connectivity index (χ0v) is 12.0. The molecule has 1 aliphatic rings. The molecule has 0 atom stereocenters. The molecule has 0 unspecified atom stereocenters. The van der Waals surface area contributed by atoms with Crippen molar-refractivity contribution in [3.8, 4) is 11.3 Å². The lowest BCUT2D eigenvalue weighted by atomic mass is 10.1. The summed E-state index contributed by atoms with van der Waals surface area (Å²) in [6.07, 6.45) is 2.51. The molecule has 1 N–H and O–H groups in total. The number of aromatic nitrogens is 1. The van der Waals surface area contributed by atoms with Crippen LogP contribution in [0.25, 0.3) is 11.3 Å². The third kappa shape index (κ3) is 3.04. The predicted octanol–water partition coefficient (Wildman–Crippen LogP) is 3.08. The number of hydrogen-bond acceptors (Lipinski definition) is 3. The minimum Gasteiger partial charge on any atom is -0.353 e. The number of halogens is 1. The van der Waals surface area contributed by atoms with Crippen molar-refractivity contribution in [3.05, 3.63) is 40.0 Å². The van der Waals surface area contributed by atoms with Gasteiger partial charge in [-0.25, -0.2) is 9.37 Å². The monoisotopic (exact) mass is 290 g/mol. The lowest BCUT2D eigenvalue weighted by Gasteiger charge is -2.04. The van der Waals surface area contributed by atoms with Gasteiger partial charge in [0, 0.05) is 16.5 Å². The molecule has 1 aromatic carbocycles. The molecule has 1 saturated carbocycles. The van der Waals surface area contributed by atoms with Gasteiger partial charge in [-0.2, -0.15) is 0 Å². The lowest BCUT2D eigenvalue weighted by Crippen LogP contribution is -2.26. The maximum atomic E-state index is 13.0. The Hall–Kier alpha value is -1.75. The standard InChI is InChI=1S/C15H15FN2OS/c1-9-17-15(10-2-4-11(16)5-3-10)13(20-9)8-14(19)18-12-6-7-12/h2-5,12H,6-8H2,1H3,(H,18,19). The molecule has 0 saturated heterocycles. The van der Waals surface area contributed by atoms with Gasteiger partial charge in [0.05, 0.1) is 17.1 Å². The number of carbonyl (C=O) groups excluding carboxylic acids is 1. The maximum Gasteiger partial charge on any atom is 0.225 e. The molecule has 3 rings (SSSR count). The van der Waals surface area contributed by atoms with E-state index in [1.165, 1.54) is 23.5 Å². The van der Waals surface area contributed by atoms with Crippen molar-refractivity contribution in [2.45, 2.75) is 32.2 Å². The first-order valence-corrected chi connectivity index (χ1v) is 7.45. The van der Waals surface area contributed by atoms with E-state index in [-0.39, 0.29) is 11.7 Å². The van der Waals surface area contributed by atoms with Gasteiger partial charge in [-0.1, -0.05) is 0 Å². The first-order valence-electron chi connectivity index (χ1n) is 6.63. The molecular formula is C15H15FN2OS. The lowest BCUT2D eigenvalue weighted by molar-refractivity contribution is -0.120. The average Bonchev–Trinajstić information content (AvgIpc) is 3.13. The van der Waals surface area contributed by atoms with Crippen molar-refractivity contribution in [3.63, 3.8) is 0 Å². The van der Waals surface area contributed by atoms with Crippen LogP contribution in [0.4, 0.5) is 4.39 Å². The Labute approximate surface area is 120 Å². The van der Waals surface area contributed by atoms with Crippen LogP contribution in [0, 0.1) is 12.7 Å². The Bertz CT molecular complexity index is 632. The van der Waals surface area contributed by atoms with E-state index in [2.05, 4.69) is 10.3 Å². The van der Waals surface area contributed by atoms with E-state index < -0.39 is 0 Å². The first-order chi connectivity index (χ1) is 9.61. The fourth-order valence-corrected chi connectivity index (χ4v) is 3.03. The highest BCUT2D eigenvalue weighted by atomic mass is 32.1. The first kappa shape index (κ1) is 13.2. The van der Waals surface area contributed by atoms with E-state index in [1.807, 2.05) is 6.92 Å². The zero-order valence-electron chi connectivity index (χ0n) is 11.1. The molecule has 20 heavy (non-hydrogen) atoms. The van der Waals surface area contributed by atoms with Gasteiger partial charge in [0.15, 0.2) is 0 Å². The molecule has 1 fully saturated rings. The van der Waals surface area contributed by atoms with Gasteiger partial charge in [0.25, 0.3) is 0 Å². The van der Waals surface area contributed by atoms with Crippen molar-refractivity contribution >= 4 is 17.2 Å². The number of amides is 1. The Morgan fingerprint density at radius 1 is 1.40 bits per heavy atom. The van der Waals surface area contributed by atoms with Crippen LogP contribution < -0.4 is 5.32 Å². The summed E-state index contributed by atoms with van der Waals surface area (Å²) >= 11 is 1.52. The highest BCUT2D eigenvalue weighted by Gasteiger charge is 2.24. The Balaban J connectivity index is 1.83. The molecule has 0 aliphatic heterocycles. The molecule has 3 nitrogen and oxygen atoms in total. The average molecular weight is 290 g/mol. The molecule has 0 bridgehead atoms. The number of nitrogens with zero attached hydrogens (tertiary/aromatic N) is 1. The summed E-state index contributed by atoms with van der Waals surface area (Å²) in [5.74, 6) is -0.228. The van der Waals surface area contributed by atoms with Crippen molar-refractivity contribution in [1.82, 2.24) is 10.3 Å². The highest BCUT2D eigenvalue weighted by Crippen LogP contribution is 2.29. The molecule has 5 heteroatoms. The molecule has 0 spiro atoms. The van der Waals surface area contributed by atoms with Crippen molar-refractivity contribution in [1.29, 1.82) is 0 Å². The van der Waals surface area contributed by atoms with E-state index in [9.17, 15) is 9.18 Å². The molecule has 104 valence electrons. The number of aryl methyl sites for hydroxylation is 1. The van der Waals surface area contributed by atoms with Crippen molar-refractivity contribution < 1.29 is 9.18 Å². The SMILES string of the molecule is Cc1nc(-c2ccc(F)cc2)c(CC(=O)NC2CC2)s1. The normalized spacial score (nSPS) is 14.3. The van der Waals surface area contributed by atoms with E-state index in [1.54, 1.807) is 12.1 Å². The van der Waals surface area contributed by atoms with Crippen molar-refractivity contribution in [2.24, 2.45) is 0 Å². The Kier molecular flexibility index (Phi) is 3.53. The van der Waals surface area contributed by atoms with E-state index in [0.717, 1.165) is 34.0 Å². The molecule has 0 radical (unpaired) electrons. The van der Waals surface area contributed by atoms with Gasteiger partial charge in [-0.05, 0) is 44.0 Å². The second-order valence-electron chi connectivity index (χ2n) is 5.03. The molecule has 1 heterocycles. The summed E-state index contributed by atoms with van der Waals surface area (Å²) in [5.41, 5.74) is 1.64. The fourth-order valence-electron chi connectivity index (χ4n) is 2.07. The van der Waals surface area contributed by atoms with Crippen LogP contribution >= 0.6 is 11.3 Å². The summed E-state index contributed by atoms with van der Waals surface area (Å²) in [6, 6.07) is 6.60. The quantitative estimate of drug-likeness (QED) is 0.940. The smallest absolute Gasteiger partial charge is 0.225 e. The molecule has 1 amide bonds. The summed E-state index contributed by atoms with van der Waals surface area (Å²) in [7, 11) is 0. The van der Waals surface area contributed by atoms with Gasteiger partial charge in [0.1, 0.15) is 5.82 Å². The van der Waals surface area contributed by atoms with E-state index >= 15 is 0 Å². The van der Waals surface area contributed by atoms with Crippen LogP contribution in [0.1, 0.15) is 22.7 Å². The number of carbonyl (C=O) groups is 1. The molecule has 2 aromatic rings. The number of thiazole rings is 1. The Morgan fingerprint density at radius 2 is 2.10 bits per heavy atom. The van der Waals surface area contributed by atoms with E-state index in [4.69, 9.17) is 0 Å². The van der Waals surface area contributed by atoms with Gasteiger partial charge in [-0.15, -0.1) is 11.3 Å². The third-order valence-corrected chi connectivity index (χ3v) is 4.16. The van der Waals surface area contributed by atoms with Crippen LogP contribution in [0.15, 0.2) is 24.3 Å². The summed E-state index contributed by atoms with van der Waals surface area (Å²) in [5, 5.41) is 3.89. The second-order valence-corrected chi connectivity index (χ2v) is 6.32. The van der Waals surface area contributed by atoms with Crippen LogP contribution in [0.5, 0.6) is 0 Å². The second kappa shape index (κ2) is 5.32. The maximum absolute atomic E-state index is 13.0. The van der Waals surface area contributed by atoms with Crippen LogP contribution in [0.2, 0.25) is 0 Å². The van der Waals surface area contributed by atoms with Gasteiger partial charge in [-0.3, -0.25) is 4.79 Å². The zero-order chi connectivity index (χ0) is 14.1. The van der Waals surface area contributed by atoms with Crippen molar-refractivity contribution in [2.75, 3.05) is 0 Å². The summed E-state index contributed by atoms with van der Waals surface area (Å²) in [4.78, 5) is 17.3. The fraction of sp³-hybridized carbons (Fsp3) is 0.333. The third-order valence-electron chi connectivity index (χ3n) is 3.19. The minimum absolute atomic E-state index is 0.0412. The minimum atomic E-state index is -0.270. The van der Waals surface area contributed by atoms with Gasteiger partial charge in [0.2, 0.25) is 5.91 Å². The predicted molar refractivity (Wildman–Crippen MR) is 77.1 cm³/mol. The number of benzene rings is 1. The Morgan fingerprint density at radius 3 is 2.75 bits per heavy atom. The van der Waals surface area contributed by atoms with Gasteiger partial charge < -0.3 is 5.32 Å². The van der Waals surface area contributed by atoms with Gasteiger partial charge >= 0.3 is 0 Å². The van der Waals surface area contributed by atoms with Crippen LogP contribution in [-0.4, -0.2) is 16.9 Å². The molecular weight excluding hydrogens is 275 g/mol. The topological polar surface area (TPSA) is 42.0 Å². The van der Waals surface area contributed by atoms with Crippen LogP contribution in [-0.2, 0) is 11.2 Å². The number of rotatable bonds is 4. The molecule has 1 aliphatic carbocycles. The number of nitrogens with one attached hydrogen (secondary N) is 1. The van der Waals surface area contributed by atoms with E-state index in [0.29, 0.717) is 12.5 Å². The largest absolute Gasteiger partial charge is 0.353 e. The number of hydrogen-bond donors (Lipinski definition) is 1.